The second-order valence-electron chi connectivity index (χ2n) is 5.44. The molecule has 0 bridgehead atoms. The fourth-order valence-corrected chi connectivity index (χ4v) is 4.16. The van der Waals surface area contributed by atoms with Crippen molar-refractivity contribution >= 4 is 19.9 Å². The van der Waals surface area contributed by atoms with E-state index in [0.29, 0.717) is 0 Å². The predicted octanol–water partition coefficient (Wildman–Crippen LogP) is 2.44. The number of sulfone groups is 1. The van der Waals surface area contributed by atoms with Gasteiger partial charge in [0.25, 0.3) is 0 Å². The van der Waals surface area contributed by atoms with Crippen molar-refractivity contribution < 1.29 is 16.8 Å². The number of hydrogen-bond acceptors (Lipinski definition) is 4. The third-order valence-corrected chi connectivity index (χ3v) is 6.23. The van der Waals surface area contributed by atoms with Gasteiger partial charge in [-0.25, -0.2) is 21.6 Å². The lowest BCUT2D eigenvalue weighted by molar-refractivity contribution is 0.566. The molecule has 124 valence electrons. The van der Waals surface area contributed by atoms with E-state index in [9.17, 15) is 16.8 Å². The molecule has 1 atom stereocenters. The van der Waals surface area contributed by atoms with E-state index in [4.69, 9.17) is 0 Å². The van der Waals surface area contributed by atoms with Crippen LogP contribution >= 0.6 is 0 Å². The zero-order valence-electron chi connectivity index (χ0n) is 13.1. The van der Waals surface area contributed by atoms with Crippen molar-refractivity contribution in [3.8, 4) is 0 Å². The SMILES string of the molecule is Cc1ccccc1C(C)NS(=O)(=O)c1ccc(S(C)(=O)=O)cc1. The molecule has 0 spiro atoms. The van der Waals surface area contributed by atoms with Gasteiger partial charge < -0.3 is 0 Å². The topological polar surface area (TPSA) is 80.3 Å². The Morgan fingerprint density at radius 2 is 1.39 bits per heavy atom. The lowest BCUT2D eigenvalue weighted by Crippen LogP contribution is -2.27. The molecule has 0 aliphatic rings. The molecule has 0 saturated heterocycles. The Hall–Kier alpha value is -1.70. The number of sulfonamides is 1. The summed E-state index contributed by atoms with van der Waals surface area (Å²) in [5, 5.41) is 0. The number of nitrogens with one attached hydrogen (secondary N) is 1. The lowest BCUT2D eigenvalue weighted by Gasteiger charge is -2.16. The van der Waals surface area contributed by atoms with E-state index in [1.54, 1.807) is 6.92 Å². The van der Waals surface area contributed by atoms with Crippen LogP contribution < -0.4 is 4.72 Å². The smallest absolute Gasteiger partial charge is 0.224 e. The van der Waals surface area contributed by atoms with Gasteiger partial charge in [0.2, 0.25) is 10.0 Å². The Morgan fingerprint density at radius 3 is 1.91 bits per heavy atom. The van der Waals surface area contributed by atoms with Crippen molar-refractivity contribution in [3.05, 3.63) is 59.7 Å². The molecule has 1 unspecified atom stereocenters. The summed E-state index contributed by atoms with van der Waals surface area (Å²) in [6.07, 6.45) is 1.08. The summed E-state index contributed by atoms with van der Waals surface area (Å²) in [5.41, 5.74) is 1.89. The fraction of sp³-hybridized carbons (Fsp3) is 0.250. The van der Waals surface area contributed by atoms with E-state index < -0.39 is 25.9 Å². The molecule has 23 heavy (non-hydrogen) atoms. The number of hydrogen-bond donors (Lipinski definition) is 1. The van der Waals surface area contributed by atoms with Gasteiger partial charge in [-0.2, -0.15) is 0 Å². The first-order valence-electron chi connectivity index (χ1n) is 6.99. The number of aryl methyl sites for hydroxylation is 1. The van der Waals surface area contributed by atoms with Crippen LogP contribution in [0.5, 0.6) is 0 Å². The van der Waals surface area contributed by atoms with Crippen LogP contribution in [0.3, 0.4) is 0 Å². The molecular formula is C16H19NO4S2. The van der Waals surface area contributed by atoms with Gasteiger partial charge in [0.1, 0.15) is 0 Å². The summed E-state index contributed by atoms with van der Waals surface area (Å²) in [4.78, 5) is 0.119. The van der Waals surface area contributed by atoms with Gasteiger partial charge in [-0.15, -0.1) is 0 Å². The first-order valence-corrected chi connectivity index (χ1v) is 10.4. The minimum atomic E-state index is -3.73. The highest BCUT2D eigenvalue weighted by molar-refractivity contribution is 7.90. The van der Waals surface area contributed by atoms with E-state index in [2.05, 4.69) is 4.72 Å². The van der Waals surface area contributed by atoms with E-state index in [-0.39, 0.29) is 9.79 Å². The van der Waals surface area contributed by atoms with E-state index in [1.165, 1.54) is 24.3 Å². The van der Waals surface area contributed by atoms with Gasteiger partial charge >= 0.3 is 0 Å². The highest BCUT2D eigenvalue weighted by Gasteiger charge is 2.20. The molecule has 0 fully saturated rings. The second-order valence-corrected chi connectivity index (χ2v) is 9.17. The minimum Gasteiger partial charge on any atom is -0.224 e. The van der Waals surface area contributed by atoms with Crippen molar-refractivity contribution in [1.82, 2.24) is 4.72 Å². The molecule has 2 rings (SSSR count). The molecule has 0 radical (unpaired) electrons. The molecular weight excluding hydrogens is 334 g/mol. The highest BCUT2D eigenvalue weighted by atomic mass is 32.2. The van der Waals surface area contributed by atoms with E-state index >= 15 is 0 Å². The maximum absolute atomic E-state index is 12.4. The Labute approximate surface area is 137 Å². The van der Waals surface area contributed by atoms with Gasteiger partial charge in [0.05, 0.1) is 9.79 Å². The Bertz CT molecular complexity index is 901. The minimum absolute atomic E-state index is 0.0327. The third kappa shape index (κ3) is 4.19. The molecule has 5 nitrogen and oxygen atoms in total. The number of benzene rings is 2. The van der Waals surface area contributed by atoms with Crippen molar-refractivity contribution in [2.45, 2.75) is 29.7 Å². The third-order valence-electron chi connectivity index (χ3n) is 3.55. The standard InChI is InChI=1S/C16H19NO4S2/c1-12-6-4-5-7-16(12)13(2)17-23(20,21)15-10-8-14(9-11-15)22(3,18)19/h4-11,13,17H,1-3H3. The molecule has 7 heteroatoms. The van der Waals surface area contributed by atoms with Crippen molar-refractivity contribution in [2.24, 2.45) is 0 Å². The largest absolute Gasteiger partial charge is 0.241 e. The van der Waals surface area contributed by atoms with Gasteiger partial charge in [0, 0.05) is 12.3 Å². The van der Waals surface area contributed by atoms with Crippen LogP contribution in [0.15, 0.2) is 58.3 Å². The van der Waals surface area contributed by atoms with Crippen LogP contribution in [-0.4, -0.2) is 23.1 Å². The van der Waals surface area contributed by atoms with Gasteiger partial charge in [0.15, 0.2) is 9.84 Å². The zero-order valence-corrected chi connectivity index (χ0v) is 14.8. The lowest BCUT2D eigenvalue weighted by atomic mass is 10.0. The van der Waals surface area contributed by atoms with E-state index in [1.807, 2.05) is 31.2 Å². The van der Waals surface area contributed by atoms with Crippen LogP contribution in [0, 0.1) is 6.92 Å². The summed E-state index contributed by atoms with van der Waals surface area (Å²) in [6, 6.07) is 12.3. The Balaban J connectivity index is 2.27. The van der Waals surface area contributed by atoms with Crippen molar-refractivity contribution in [2.75, 3.05) is 6.26 Å². The molecule has 0 heterocycles. The van der Waals surface area contributed by atoms with Gasteiger partial charge in [-0.3, -0.25) is 0 Å². The molecule has 0 aliphatic carbocycles. The Kier molecular flexibility index (Phi) is 4.93. The Morgan fingerprint density at radius 1 is 0.870 bits per heavy atom. The summed E-state index contributed by atoms with van der Waals surface area (Å²) < 4.78 is 50.3. The van der Waals surface area contributed by atoms with Gasteiger partial charge in [-0.1, -0.05) is 24.3 Å². The molecule has 0 aliphatic heterocycles. The normalized spacial score (nSPS) is 13.7. The van der Waals surface area contributed by atoms with E-state index in [0.717, 1.165) is 17.4 Å². The molecule has 2 aromatic rings. The monoisotopic (exact) mass is 353 g/mol. The molecule has 0 aromatic heterocycles. The second kappa shape index (κ2) is 6.43. The number of rotatable bonds is 5. The molecule has 0 amide bonds. The summed E-state index contributed by atoms with van der Waals surface area (Å²) in [5.74, 6) is 0. The first kappa shape index (κ1) is 17.7. The molecule has 1 N–H and O–H groups in total. The van der Waals surface area contributed by atoms with Crippen LogP contribution in [-0.2, 0) is 19.9 Å². The summed E-state index contributed by atoms with van der Waals surface area (Å²) in [6.45, 7) is 3.69. The van der Waals surface area contributed by atoms with Crippen molar-refractivity contribution in [1.29, 1.82) is 0 Å². The van der Waals surface area contributed by atoms with Gasteiger partial charge in [-0.05, 0) is 49.2 Å². The molecule has 0 saturated carbocycles. The fourth-order valence-electron chi connectivity index (χ4n) is 2.30. The van der Waals surface area contributed by atoms with Crippen LogP contribution in [0.2, 0.25) is 0 Å². The maximum Gasteiger partial charge on any atom is 0.241 e. The highest BCUT2D eigenvalue weighted by Crippen LogP contribution is 2.20. The predicted molar refractivity (Wildman–Crippen MR) is 89.5 cm³/mol. The summed E-state index contributed by atoms with van der Waals surface area (Å²) in [7, 11) is -7.08. The maximum atomic E-state index is 12.4. The zero-order chi connectivity index (χ0) is 17.3. The average Bonchev–Trinajstić information content (AvgIpc) is 2.46. The average molecular weight is 353 g/mol. The summed E-state index contributed by atoms with van der Waals surface area (Å²) >= 11 is 0. The van der Waals surface area contributed by atoms with Crippen molar-refractivity contribution in [3.63, 3.8) is 0 Å². The first-order chi connectivity index (χ1) is 10.6. The molecule has 2 aromatic carbocycles. The van der Waals surface area contributed by atoms with Crippen LogP contribution in [0.1, 0.15) is 24.1 Å². The van der Waals surface area contributed by atoms with Crippen LogP contribution in [0.4, 0.5) is 0 Å². The van der Waals surface area contributed by atoms with Crippen LogP contribution in [0.25, 0.3) is 0 Å². The quantitative estimate of drug-likeness (QED) is 0.895.